The minimum absolute atomic E-state index is 0.0411. The summed E-state index contributed by atoms with van der Waals surface area (Å²) in [7, 11) is 0. The van der Waals surface area contributed by atoms with Gasteiger partial charge in [-0.2, -0.15) is 0 Å². The summed E-state index contributed by atoms with van der Waals surface area (Å²) in [4.78, 5) is 24.5. The molecule has 0 aromatic rings. The second kappa shape index (κ2) is 5.95. The van der Waals surface area contributed by atoms with Gasteiger partial charge >= 0.3 is 6.09 Å². The van der Waals surface area contributed by atoms with Crippen molar-refractivity contribution in [2.75, 3.05) is 19.0 Å². The normalized spacial score (nSPS) is 21.2. The van der Waals surface area contributed by atoms with Gasteiger partial charge in [0.2, 0.25) is 0 Å². The molecule has 5 heteroatoms. The number of Topliss-reactive ketones (excluding diaryl/α,β-unsaturated/α-hetero) is 1. The van der Waals surface area contributed by atoms with Crippen LogP contribution in [-0.2, 0) is 9.53 Å². The van der Waals surface area contributed by atoms with Crippen molar-refractivity contribution in [2.24, 2.45) is 0 Å². The Kier molecular flexibility index (Phi) is 4.88. The molecule has 1 aliphatic heterocycles. The molecule has 0 spiro atoms. The average molecular weight is 234 g/mol. The average Bonchev–Trinajstić information content (AvgIpc) is 2.28. The van der Waals surface area contributed by atoms with Crippen LogP contribution in [0, 0.1) is 0 Å². The summed E-state index contributed by atoms with van der Waals surface area (Å²) in [5, 5.41) is 0. The maximum absolute atomic E-state index is 11.5. The van der Waals surface area contributed by atoms with E-state index in [1.54, 1.807) is 6.92 Å². The van der Waals surface area contributed by atoms with Crippen LogP contribution in [0.15, 0.2) is 0 Å². The van der Waals surface area contributed by atoms with Crippen LogP contribution >= 0.6 is 11.6 Å². The highest BCUT2D eigenvalue weighted by Gasteiger charge is 2.32. The monoisotopic (exact) mass is 233 g/mol. The van der Waals surface area contributed by atoms with E-state index in [2.05, 4.69) is 0 Å². The van der Waals surface area contributed by atoms with E-state index in [0.717, 1.165) is 12.8 Å². The van der Waals surface area contributed by atoms with Gasteiger partial charge in [-0.15, -0.1) is 11.6 Å². The van der Waals surface area contributed by atoms with Crippen LogP contribution in [0.5, 0.6) is 0 Å². The molecule has 0 aromatic carbocycles. The molecule has 86 valence electrons. The van der Waals surface area contributed by atoms with E-state index >= 15 is 0 Å². The first-order chi connectivity index (χ1) is 7.20. The predicted octanol–water partition coefficient (Wildman–Crippen LogP) is 1.81. The zero-order valence-corrected chi connectivity index (χ0v) is 9.63. The number of carbonyl (C=O) groups excluding carboxylic acids is 2. The van der Waals surface area contributed by atoms with Crippen molar-refractivity contribution in [2.45, 2.75) is 32.2 Å². The fourth-order valence-electron chi connectivity index (χ4n) is 1.78. The standard InChI is InChI=1S/C10H16ClNO3/c1-2-15-10(14)12-6-4-3-5-8(12)9(13)7-11/h8H,2-7H2,1H3. The van der Waals surface area contributed by atoms with Crippen molar-refractivity contribution in [3.05, 3.63) is 0 Å². The van der Waals surface area contributed by atoms with Crippen LogP contribution in [0.4, 0.5) is 4.79 Å². The molecule has 15 heavy (non-hydrogen) atoms. The third-order valence-electron chi connectivity index (χ3n) is 2.51. The van der Waals surface area contributed by atoms with Crippen LogP contribution in [-0.4, -0.2) is 41.8 Å². The zero-order valence-electron chi connectivity index (χ0n) is 8.87. The lowest BCUT2D eigenvalue weighted by Crippen LogP contribution is -2.48. The summed E-state index contributed by atoms with van der Waals surface area (Å²) in [6.45, 7) is 2.67. The topological polar surface area (TPSA) is 46.6 Å². The summed E-state index contributed by atoms with van der Waals surface area (Å²) >= 11 is 5.50. The highest BCUT2D eigenvalue weighted by Crippen LogP contribution is 2.19. The van der Waals surface area contributed by atoms with E-state index in [1.165, 1.54) is 4.90 Å². The molecule has 0 aromatic heterocycles. The molecule has 0 radical (unpaired) electrons. The Morgan fingerprint density at radius 3 is 2.80 bits per heavy atom. The number of hydrogen-bond acceptors (Lipinski definition) is 3. The smallest absolute Gasteiger partial charge is 0.410 e. The first-order valence-electron chi connectivity index (χ1n) is 5.22. The number of halogens is 1. The predicted molar refractivity (Wildman–Crippen MR) is 57.1 cm³/mol. The van der Waals surface area contributed by atoms with E-state index < -0.39 is 6.09 Å². The number of nitrogens with zero attached hydrogens (tertiary/aromatic N) is 1. The number of alkyl halides is 1. The maximum Gasteiger partial charge on any atom is 0.410 e. The van der Waals surface area contributed by atoms with Gasteiger partial charge in [-0.25, -0.2) is 4.79 Å². The van der Waals surface area contributed by atoms with Crippen molar-refractivity contribution in [1.82, 2.24) is 4.90 Å². The number of rotatable bonds is 3. The van der Waals surface area contributed by atoms with Crippen LogP contribution in [0.25, 0.3) is 0 Å². The molecule has 1 unspecified atom stereocenters. The number of amides is 1. The van der Waals surface area contributed by atoms with Crippen LogP contribution in [0.3, 0.4) is 0 Å². The Morgan fingerprint density at radius 1 is 1.47 bits per heavy atom. The van der Waals surface area contributed by atoms with Crippen molar-refractivity contribution < 1.29 is 14.3 Å². The number of ketones is 1. The molecular weight excluding hydrogens is 218 g/mol. The lowest BCUT2D eigenvalue weighted by molar-refractivity contribution is -0.122. The highest BCUT2D eigenvalue weighted by molar-refractivity contribution is 6.28. The number of ether oxygens (including phenoxy) is 1. The SMILES string of the molecule is CCOC(=O)N1CCCCC1C(=O)CCl. The molecule has 1 fully saturated rings. The minimum atomic E-state index is -0.402. The highest BCUT2D eigenvalue weighted by atomic mass is 35.5. The Balaban J connectivity index is 2.65. The molecule has 0 bridgehead atoms. The second-order valence-corrected chi connectivity index (χ2v) is 3.77. The molecule has 1 aliphatic rings. The first kappa shape index (κ1) is 12.3. The van der Waals surface area contributed by atoms with E-state index in [0.29, 0.717) is 19.6 Å². The van der Waals surface area contributed by atoms with Gasteiger partial charge in [0.25, 0.3) is 0 Å². The Labute approximate surface area is 94.5 Å². The van der Waals surface area contributed by atoms with Gasteiger partial charge in [-0.3, -0.25) is 9.69 Å². The van der Waals surface area contributed by atoms with Crippen molar-refractivity contribution in [3.8, 4) is 0 Å². The van der Waals surface area contributed by atoms with Gasteiger partial charge in [0, 0.05) is 6.54 Å². The van der Waals surface area contributed by atoms with Crippen molar-refractivity contribution >= 4 is 23.5 Å². The van der Waals surface area contributed by atoms with Crippen molar-refractivity contribution in [3.63, 3.8) is 0 Å². The van der Waals surface area contributed by atoms with Crippen LogP contribution in [0.1, 0.15) is 26.2 Å². The van der Waals surface area contributed by atoms with E-state index in [-0.39, 0.29) is 17.7 Å². The molecule has 1 heterocycles. The maximum atomic E-state index is 11.5. The van der Waals surface area contributed by atoms with E-state index in [9.17, 15) is 9.59 Å². The second-order valence-electron chi connectivity index (χ2n) is 3.50. The molecule has 1 saturated heterocycles. The number of piperidine rings is 1. The summed E-state index contributed by atoms with van der Waals surface area (Å²) in [6, 6.07) is -0.379. The Bertz CT molecular complexity index is 245. The van der Waals surface area contributed by atoms with Gasteiger partial charge in [0.1, 0.15) is 0 Å². The largest absolute Gasteiger partial charge is 0.450 e. The number of likely N-dealkylation sites (tertiary alicyclic amines) is 1. The van der Waals surface area contributed by atoms with Gasteiger partial charge in [-0.05, 0) is 26.2 Å². The molecule has 4 nitrogen and oxygen atoms in total. The van der Waals surface area contributed by atoms with Gasteiger partial charge in [0.05, 0.1) is 18.5 Å². The summed E-state index contributed by atoms with van der Waals surface area (Å²) in [5.74, 6) is -0.134. The van der Waals surface area contributed by atoms with Crippen LogP contribution in [0.2, 0.25) is 0 Å². The fourth-order valence-corrected chi connectivity index (χ4v) is 1.96. The molecule has 1 amide bonds. The zero-order chi connectivity index (χ0) is 11.3. The lowest BCUT2D eigenvalue weighted by atomic mass is 10.00. The third-order valence-corrected chi connectivity index (χ3v) is 2.77. The molecule has 0 saturated carbocycles. The molecule has 0 aliphatic carbocycles. The van der Waals surface area contributed by atoms with Crippen molar-refractivity contribution in [1.29, 1.82) is 0 Å². The quantitative estimate of drug-likeness (QED) is 0.699. The molecule has 1 rings (SSSR count). The van der Waals surface area contributed by atoms with E-state index in [4.69, 9.17) is 16.3 Å². The summed E-state index contributed by atoms with van der Waals surface area (Å²) in [6.07, 6.45) is 2.18. The third kappa shape index (κ3) is 3.09. The van der Waals surface area contributed by atoms with Gasteiger partial charge in [0.15, 0.2) is 5.78 Å². The van der Waals surface area contributed by atoms with E-state index in [1.807, 2.05) is 0 Å². The minimum Gasteiger partial charge on any atom is -0.450 e. The first-order valence-corrected chi connectivity index (χ1v) is 5.76. The Hall–Kier alpha value is -0.770. The number of hydrogen-bond donors (Lipinski definition) is 0. The fraction of sp³-hybridized carbons (Fsp3) is 0.800. The Morgan fingerprint density at radius 2 is 2.20 bits per heavy atom. The van der Waals surface area contributed by atoms with Gasteiger partial charge < -0.3 is 4.74 Å². The molecule has 0 N–H and O–H groups in total. The summed E-state index contributed by atoms with van der Waals surface area (Å²) < 4.78 is 4.90. The van der Waals surface area contributed by atoms with Gasteiger partial charge in [-0.1, -0.05) is 0 Å². The summed E-state index contributed by atoms with van der Waals surface area (Å²) in [5.41, 5.74) is 0. The molecular formula is C10H16ClNO3. The number of carbonyl (C=O) groups is 2. The lowest BCUT2D eigenvalue weighted by Gasteiger charge is -2.33. The molecule has 1 atom stereocenters. The van der Waals surface area contributed by atoms with Crippen LogP contribution < -0.4 is 0 Å².